The lowest BCUT2D eigenvalue weighted by Gasteiger charge is -2.13. The van der Waals surface area contributed by atoms with E-state index in [1.165, 1.54) is 18.0 Å². The number of hydrogen-bond acceptors (Lipinski definition) is 5. The molecule has 0 saturated carbocycles. The van der Waals surface area contributed by atoms with E-state index in [-0.39, 0.29) is 11.6 Å². The highest BCUT2D eigenvalue weighted by Crippen LogP contribution is 2.02. The third-order valence-electron chi connectivity index (χ3n) is 2.14. The molecule has 0 saturated heterocycles. The molecule has 0 aromatic heterocycles. The Kier molecular flexibility index (Phi) is 8.46. The van der Waals surface area contributed by atoms with Crippen LogP contribution in [0.4, 0.5) is 0 Å². The molecule has 0 aromatic carbocycles. The first-order valence-electron chi connectivity index (χ1n) is 5.81. The number of nitriles is 1. The lowest BCUT2D eigenvalue weighted by Crippen LogP contribution is -2.42. The van der Waals surface area contributed by atoms with E-state index in [0.717, 1.165) is 0 Å². The molecular weight excluding hydrogens is 266 g/mol. The van der Waals surface area contributed by atoms with Crippen molar-refractivity contribution < 1.29 is 14.7 Å². The number of amides is 1. The molecule has 0 radical (unpaired) electrons. The first-order valence-corrected chi connectivity index (χ1v) is 7.20. The molecular formula is C12H19N3O3S. The Morgan fingerprint density at radius 1 is 1.47 bits per heavy atom. The lowest BCUT2D eigenvalue weighted by atomic mass is 10.2. The monoisotopic (exact) mass is 285 g/mol. The van der Waals surface area contributed by atoms with Gasteiger partial charge in [0.25, 0.3) is 5.91 Å². The number of carboxylic acid groups (broad SMARTS) is 1. The largest absolute Gasteiger partial charge is 0.480 e. The molecule has 0 spiro atoms. The normalized spacial score (nSPS) is 12.7. The van der Waals surface area contributed by atoms with E-state index >= 15 is 0 Å². The van der Waals surface area contributed by atoms with Gasteiger partial charge in [0.2, 0.25) is 0 Å². The Hall–Kier alpha value is -1.68. The van der Waals surface area contributed by atoms with Crippen LogP contribution in [0.25, 0.3) is 0 Å². The first kappa shape index (κ1) is 17.3. The summed E-state index contributed by atoms with van der Waals surface area (Å²) in [6.07, 6.45) is 3.47. The zero-order valence-corrected chi connectivity index (χ0v) is 12.1. The summed E-state index contributed by atoms with van der Waals surface area (Å²) in [7, 11) is 0. The number of rotatable bonds is 8. The number of aliphatic carboxylic acids is 1. The van der Waals surface area contributed by atoms with Gasteiger partial charge in [-0.05, 0) is 32.3 Å². The molecule has 106 valence electrons. The maximum Gasteiger partial charge on any atom is 0.326 e. The number of nitrogens with one attached hydrogen (secondary N) is 2. The van der Waals surface area contributed by atoms with Crippen LogP contribution in [0, 0.1) is 11.3 Å². The van der Waals surface area contributed by atoms with E-state index in [1.807, 2.05) is 20.1 Å². The minimum absolute atomic E-state index is 0.0860. The van der Waals surface area contributed by atoms with E-state index in [0.29, 0.717) is 12.2 Å². The Labute approximate surface area is 117 Å². The van der Waals surface area contributed by atoms with E-state index < -0.39 is 17.9 Å². The summed E-state index contributed by atoms with van der Waals surface area (Å²) in [6, 6.07) is 0.856. The number of carboxylic acids is 1. The lowest BCUT2D eigenvalue weighted by molar-refractivity contribution is -0.141. The van der Waals surface area contributed by atoms with Crippen LogP contribution < -0.4 is 10.6 Å². The second kappa shape index (κ2) is 9.28. The molecule has 1 atom stereocenters. The summed E-state index contributed by atoms with van der Waals surface area (Å²) >= 11 is 1.50. The maximum atomic E-state index is 11.8. The topological polar surface area (TPSA) is 102 Å². The van der Waals surface area contributed by atoms with Crippen molar-refractivity contribution >= 4 is 23.6 Å². The fraction of sp³-hybridized carbons (Fsp3) is 0.583. The maximum absolute atomic E-state index is 11.8. The van der Waals surface area contributed by atoms with Crippen molar-refractivity contribution in [3.8, 4) is 6.07 Å². The molecule has 0 aliphatic rings. The summed E-state index contributed by atoms with van der Waals surface area (Å²) in [5.41, 5.74) is -0.135. The zero-order valence-electron chi connectivity index (χ0n) is 11.3. The van der Waals surface area contributed by atoms with Gasteiger partial charge in [-0.1, -0.05) is 0 Å². The first-order chi connectivity index (χ1) is 8.92. The quantitative estimate of drug-likeness (QED) is 0.448. The number of carbonyl (C=O) groups is 2. The Morgan fingerprint density at radius 2 is 2.11 bits per heavy atom. The van der Waals surface area contributed by atoms with Crippen LogP contribution in [0.1, 0.15) is 20.3 Å². The predicted octanol–water partition coefficient (Wildman–Crippen LogP) is 0.714. The number of nitrogens with zero attached hydrogens (tertiary/aromatic N) is 1. The SMILES string of the molecule is CSCCC(NC(=O)/C(C#N)=C\NC(C)C)C(=O)O. The van der Waals surface area contributed by atoms with Crippen molar-refractivity contribution in [2.75, 3.05) is 12.0 Å². The molecule has 0 bridgehead atoms. The molecule has 1 amide bonds. The molecule has 3 N–H and O–H groups in total. The number of thioether (sulfide) groups is 1. The van der Waals surface area contributed by atoms with E-state index in [1.54, 1.807) is 6.07 Å². The van der Waals surface area contributed by atoms with Crippen molar-refractivity contribution in [1.29, 1.82) is 5.26 Å². The van der Waals surface area contributed by atoms with Crippen molar-refractivity contribution in [2.45, 2.75) is 32.4 Å². The number of hydrogen-bond donors (Lipinski definition) is 3. The summed E-state index contributed by atoms with van der Waals surface area (Å²) in [6.45, 7) is 3.73. The molecule has 0 fully saturated rings. The fourth-order valence-electron chi connectivity index (χ4n) is 1.13. The second-order valence-electron chi connectivity index (χ2n) is 4.14. The van der Waals surface area contributed by atoms with Gasteiger partial charge in [0.15, 0.2) is 0 Å². The minimum Gasteiger partial charge on any atom is -0.480 e. The van der Waals surface area contributed by atoms with Crippen LogP contribution in [0.2, 0.25) is 0 Å². The molecule has 0 aliphatic heterocycles. The van der Waals surface area contributed by atoms with Gasteiger partial charge in [0.1, 0.15) is 17.7 Å². The van der Waals surface area contributed by atoms with Gasteiger partial charge in [0, 0.05) is 12.2 Å². The summed E-state index contributed by atoms with van der Waals surface area (Å²) < 4.78 is 0. The Bertz CT molecular complexity index is 388. The molecule has 0 aliphatic carbocycles. The smallest absolute Gasteiger partial charge is 0.326 e. The molecule has 0 rings (SSSR count). The second-order valence-corrected chi connectivity index (χ2v) is 5.12. The molecule has 0 heterocycles. The molecule has 1 unspecified atom stereocenters. The van der Waals surface area contributed by atoms with Crippen LogP contribution in [-0.2, 0) is 9.59 Å². The third kappa shape index (κ3) is 7.36. The average molecular weight is 285 g/mol. The zero-order chi connectivity index (χ0) is 14.8. The highest BCUT2D eigenvalue weighted by Gasteiger charge is 2.21. The minimum atomic E-state index is -1.10. The molecule has 0 aromatic rings. The third-order valence-corrected chi connectivity index (χ3v) is 2.78. The van der Waals surface area contributed by atoms with Crippen LogP contribution in [0.5, 0.6) is 0 Å². The van der Waals surface area contributed by atoms with Crippen molar-refractivity contribution in [3.05, 3.63) is 11.8 Å². The van der Waals surface area contributed by atoms with E-state index in [4.69, 9.17) is 10.4 Å². The van der Waals surface area contributed by atoms with Crippen LogP contribution >= 0.6 is 11.8 Å². The van der Waals surface area contributed by atoms with Crippen LogP contribution in [-0.4, -0.2) is 41.1 Å². The summed E-state index contributed by atoms with van der Waals surface area (Å²) in [5.74, 6) is -1.16. The van der Waals surface area contributed by atoms with Gasteiger partial charge >= 0.3 is 5.97 Å². The van der Waals surface area contributed by atoms with Gasteiger partial charge in [-0.3, -0.25) is 4.79 Å². The van der Waals surface area contributed by atoms with Gasteiger partial charge in [-0.25, -0.2) is 4.79 Å². The summed E-state index contributed by atoms with van der Waals surface area (Å²) in [5, 5.41) is 23.0. The highest BCUT2D eigenvalue weighted by atomic mass is 32.2. The number of carbonyl (C=O) groups excluding carboxylic acids is 1. The summed E-state index contributed by atoms with van der Waals surface area (Å²) in [4.78, 5) is 22.7. The Morgan fingerprint density at radius 3 is 2.53 bits per heavy atom. The Balaban J connectivity index is 4.65. The van der Waals surface area contributed by atoms with E-state index in [9.17, 15) is 9.59 Å². The van der Waals surface area contributed by atoms with Crippen molar-refractivity contribution in [3.63, 3.8) is 0 Å². The molecule has 6 nitrogen and oxygen atoms in total. The van der Waals surface area contributed by atoms with Crippen molar-refractivity contribution in [2.24, 2.45) is 0 Å². The molecule has 7 heteroatoms. The van der Waals surface area contributed by atoms with Crippen LogP contribution in [0.3, 0.4) is 0 Å². The highest BCUT2D eigenvalue weighted by molar-refractivity contribution is 7.98. The molecule has 19 heavy (non-hydrogen) atoms. The van der Waals surface area contributed by atoms with E-state index in [2.05, 4.69) is 10.6 Å². The standard InChI is InChI=1S/C12H19N3O3S/c1-8(2)14-7-9(6-13)11(16)15-10(12(17)18)4-5-19-3/h7-8,10,14H,4-5H2,1-3H3,(H,15,16)(H,17,18)/b9-7-. The van der Waals surface area contributed by atoms with Gasteiger partial charge in [-0.2, -0.15) is 17.0 Å². The van der Waals surface area contributed by atoms with Crippen LogP contribution in [0.15, 0.2) is 11.8 Å². The van der Waals surface area contributed by atoms with Crippen molar-refractivity contribution in [1.82, 2.24) is 10.6 Å². The van der Waals surface area contributed by atoms with Gasteiger partial charge in [-0.15, -0.1) is 0 Å². The van der Waals surface area contributed by atoms with Gasteiger partial charge in [0.05, 0.1) is 0 Å². The average Bonchev–Trinajstić information content (AvgIpc) is 2.34. The predicted molar refractivity (Wildman–Crippen MR) is 74.5 cm³/mol. The van der Waals surface area contributed by atoms with Gasteiger partial charge < -0.3 is 15.7 Å². The fourth-order valence-corrected chi connectivity index (χ4v) is 1.60.